The first-order valence-corrected chi connectivity index (χ1v) is 5.06. The fraction of sp³-hybridized carbons (Fsp3) is 0.875. The molecular weight excluding hydrogens is 330 g/mol. The predicted octanol–water partition coefficient (Wildman–Crippen LogP) is 1.28. The second kappa shape index (κ2) is 11.8. The molecule has 0 fully saturated rings. The molecule has 0 saturated carbocycles. The lowest BCUT2D eigenvalue weighted by Gasteiger charge is -2.08. The number of hydrogen-bond donors (Lipinski definition) is 1. The summed E-state index contributed by atoms with van der Waals surface area (Å²) < 4.78 is 2.10. The molecule has 0 bridgehead atoms. The van der Waals surface area contributed by atoms with Crippen molar-refractivity contribution in [3.8, 4) is 0 Å². The van der Waals surface area contributed by atoms with Crippen LogP contribution in [0.3, 0.4) is 0 Å². The van der Waals surface area contributed by atoms with Crippen molar-refractivity contribution in [3.63, 3.8) is 0 Å². The van der Waals surface area contributed by atoms with E-state index in [0.717, 1.165) is 12.3 Å². The van der Waals surface area contributed by atoms with Crippen LogP contribution in [0.25, 0.3) is 0 Å². The third kappa shape index (κ3) is 10.8. The van der Waals surface area contributed by atoms with Crippen LogP contribution in [0.15, 0.2) is 0 Å². The van der Waals surface area contributed by atoms with E-state index in [9.17, 15) is 0 Å². The summed E-state index contributed by atoms with van der Waals surface area (Å²) in [6.45, 7) is 1.11. The van der Waals surface area contributed by atoms with Crippen LogP contribution < -0.4 is 5.32 Å². The van der Waals surface area contributed by atoms with E-state index in [1.807, 2.05) is 18.8 Å². The van der Waals surface area contributed by atoms with Gasteiger partial charge in [-0.2, -0.15) is 0 Å². The Hall–Kier alpha value is 0.740. The molecule has 0 aliphatic carbocycles. The molecule has 3 nitrogen and oxygen atoms in total. The number of nitrogens with one attached hydrogen (secondary N) is 1. The molecule has 0 aromatic heterocycles. The van der Waals surface area contributed by atoms with Crippen molar-refractivity contribution in [1.29, 1.82) is 0 Å². The standard InChI is InChI=1S/C8H19N3S.2BrH/c1-9-8(11(4)5)12-7-6-10(2)3;;/h6-7H2,1-5H3;2*1H/p+1. The first kappa shape index (κ1) is 20.2. The van der Waals surface area contributed by atoms with Gasteiger partial charge in [0.1, 0.15) is 0 Å². The third-order valence-electron chi connectivity index (χ3n) is 1.40. The quantitative estimate of drug-likeness (QED) is 0.469. The summed E-state index contributed by atoms with van der Waals surface area (Å²) in [4.78, 5) is 2.19. The molecular formula is C8H22Br2N3S+. The van der Waals surface area contributed by atoms with Crippen LogP contribution in [-0.2, 0) is 0 Å². The number of thioether (sulfide) groups is 1. The minimum absolute atomic E-state index is 0. The topological polar surface area (TPSA) is 18.3 Å². The molecule has 88 valence electrons. The summed E-state index contributed by atoms with van der Waals surface area (Å²) in [5, 5.41) is 4.38. The highest BCUT2D eigenvalue weighted by Gasteiger charge is 2.04. The van der Waals surface area contributed by atoms with E-state index in [1.165, 1.54) is 5.17 Å². The summed E-state index contributed by atoms with van der Waals surface area (Å²) in [5.41, 5.74) is 0. The summed E-state index contributed by atoms with van der Waals surface area (Å²) >= 11 is 1.85. The van der Waals surface area contributed by atoms with Gasteiger partial charge in [0.05, 0.1) is 21.1 Å². The zero-order valence-electron chi connectivity index (χ0n) is 9.53. The molecule has 6 heteroatoms. The van der Waals surface area contributed by atoms with Gasteiger partial charge in [0.15, 0.2) is 0 Å². The highest BCUT2D eigenvalue weighted by atomic mass is 79.9. The maximum atomic E-state index is 3.16. The van der Waals surface area contributed by atoms with Gasteiger partial charge in [-0.3, -0.25) is 9.89 Å². The normalized spacial score (nSPS) is 8.71. The summed E-state index contributed by atoms with van der Waals surface area (Å²) in [5.74, 6) is 1.13. The van der Waals surface area contributed by atoms with E-state index in [0.29, 0.717) is 0 Å². The van der Waals surface area contributed by atoms with Gasteiger partial charge in [0.2, 0.25) is 0 Å². The minimum Gasteiger partial charge on any atom is -0.309 e. The van der Waals surface area contributed by atoms with E-state index in [-0.39, 0.29) is 34.0 Å². The summed E-state index contributed by atoms with van der Waals surface area (Å²) in [6.07, 6.45) is 0. The van der Waals surface area contributed by atoms with E-state index in [2.05, 4.69) is 43.0 Å². The Morgan fingerprint density at radius 1 is 1.29 bits per heavy atom. The maximum absolute atomic E-state index is 3.16. The van der Waals surface area contributed by atoms with Gasteiger partial charge in [-0.25, -0.2) is 0 Å². The minimum atomic E-state index is 0. The Bertz CT molecular complexity index is 159. The van der Waals surface area contributed by atoms with Gasteiger partial charge in [-0.05, 0) is 25.9 Å². The number of amidine groups is 1. The Morgan fingerprint density at radius 2 is 1.79 bits per heavy atom. The second-order valence-electron chi connectivity index (χ2n) is 3.10. The summed E-state index contributed by atoms with van der Waals surface area (Å²) in [6, 6.07) is 0. The van der Waals surface area contributed by atoms with Crippen LogP contribution in [0.1, 0.15) is 0 Å². The Labute approximate surface area is 113 Å². The van der Waals surface area contributed by atoms with Crippen molar-refractivity contribution >= 4 is 50.9 Å². The predicted molar refractivity (Wildman–Crippen MR) is 77.8 cm³/mol. The molecule has 0 atom stereocenters. The SMILES string of the molecule is Br.Br.CNC(SCCN(C)C)=[N+](C)C. The Balaban J connectivity index is -0.000000605. The molecule has 0 spiro atoms. The lowest BCUT2D eigenvalue weighted by Crippen LogP contribution is -2.26. The van der Waals surface area contributed by atoms with Crippen LogP contribution in [-0.4, -0.2) is 62.2 Å². The van der Waals surface area contributed by atoms with Gasteiger partial charge < -0.3 is 4.90 Å². The lowest BCUT2D eigenvalue weighted by molar-refractivity contribution is -0.463. The zero-order valence-corrected chi connectivity index (χ0v) is 13.8. The third-order valence-corrected chi connectivity index (χ3v) is 2.63. The second-order valence-corrected chi connectivity index (χ2v) is 4.18. The van der Waals surface area contributed by atoms with Gasteiger partial charge >= 0.3 is 5.17 Å². The molecule has 0 rings (SSSR count). The Morgan fingerprint density at radius 3 is 2.07 bits per heavy atom. The smallest absolute Gasteiger partial charge is 0.305 e. The number of rotatable bonds is 3. The highest BCUT2D eigenvalue weighted by Crippen LogP contribution is 1.99. The van der Waals surface area contributed by atoms with Crippen LogP contribution in [0.2, 0.25) is 0 Å². The monoisotopic (exact) mass is 350 g/mol. The molecule has 14 heavy (non-hydrogen) atoms. The fourth-order valence-corrected chi connectivity index (χ4v) is 1.80. The largest absolute Gasteiger partial charge is 0.309 e. The van der Waals surface area contributed by atoms with Crippen molar-refractivity contribution in [3.05, 3.63) is 0 Å². The molecule has 0 heterocycles. The van der Waals surface area contributed by atoms with Crippen LogP contribution >= 0.6 is 45.7 Å². The van der Waals surface area contributed by atoms with Crippen LogP contribution in [0.5, 0.6) is 0 Å². The summed E-state index contributed by atoms with van der Waals surface area (Å²) in [7, 11) is 10.2. The van der Waals surface area contributed by atoms with E-state index >= 15 is 0 Å². The number of hydrogen-bond acceptors (Lipinski definition) is 2. The first-order valence-electron chi connectivity index (χ1n) is 4.07. The van der Waals surface area contributed by atoms with Gasteiger partial charge in [0, 0.05) is 12.3 Å². The maximum Gasteiger partial charge on any atom is 0.305 e. The molecule has 0 aliphatic heterocycles. The molecule has 0 unspecified atom stereocenters. The fourth-order valence-electron chi connectivity index (χ4n) is 0.750. The van der Waals surface area contributed by atoms with E-state index in [1.54, 1.807) is 0 Å². The molecule has 1 N–H and O–H groups in total. The highest BCUT2D eigenvalue weighted by molar-refractivity contribution is 8.93. The van der Waals surface area contributed by atoms with Crippen molar-refractivity contribution in [2.75, 3.05) is 47.5 Å². The van der Waals surface area contributed by atoms with Crippen molar-refractivity contribution < 1.29 is 4.58 Å². The zero-order chi connectivity index (χ0) is 9.56. The van der Waals surface area contributed by atoms with Crippen molar-refractivity contribution in [1.82, 2.24) is 10.2 Å². The molecule has 0 aromatic carbocycles. The van der Waals surface area contributed by atoms with Crippen LogP contribution in [0, 0.1) is 0 Å². The number of nitrogens with zero attached hydrogens (tertiary/aromatic N) is 2. The van der Waals surface area contributed by atoms with E-state index < -0.39 is 0 Å². The number of halogens is 2. The Kier molecular flexibility index (Phi) is 17.0. The van der Waals surface area contributed by atoms with Crippen molar-refractivity contribution in [2.45, 2.75) is 0 Å². The first-order chi connectivity index (χ1) is 5.57. The van der Waals surface area contributed by atoms with Gasteiger partial charge in [0.25, 0.3) is 0 Å². The van der Waals surface area contributed by atoms with Gasteiger partial charge in [-0.15, -0.1) is 34.0 Å². The van der Waals surface area contributed by atoms with E-state index in [4.69, 9.17) is 0 Å². The molecule has 0 saturated heterocycles. The van der Waals surface area contributed by atoms with Crippen molar-refractivity contribution in [2.24, 2.45) is 0 Å². The average Bonchev–Trinajstić information content (AvgIpc) is 1.96. The van der Waals surface area contributed by atoms with Crippen LogP contribution in [0.4, 0.5) is 0 Å². The molecule has 0 radical (unpaired) electrons. The average molecular weight is 352 g/mol. The van der Waals surface area contributed by atoms with Gasteiger partial charge in [-0.1, -0.05) is 0 Å². The molecule has 0 aromatic rings. The lowest BCUT2D eigenvalue weighted by atomic mass is 10.7. The molecule has 0 amide bonds. The molecule has 0 aliphatic rings.